The smallest absolute Gasteiger partial charge is 0.264 e. The fourth-order valence-corrected chi connectivity index (χ4v) is 7.01. The van der Waals surface area contributed by atoms with Gasteiger partial charge in [0.05, 0.1) is 17.7 Å². The van der Waals surface area contributed by atoms with Crippen LogP contribution in [0.25, 0.3) is 0 Å². The van der Waals surface area contributed by atoms with Gasteiger partial charge in [0.25, 0.3) is 10.0 Å². The minimum atomic E-state index is -4.23. The van der Waals surface area contributed by atoms with Crippen LogP contribution in [0.5, 0.6) is 5.75 Å². The van der Waals surface area contributed by atoms with Crippen LogP contribution in [0.3, 0.4) is 0 Å². The number of nitrogens with one attached hydrogen (secondary N) is 1. The summed E-state index contributed by atoms with van der Waals surface area (Å²) in [5.74, 6) is -0.659. The number of carbonyl (C=O) groups is 2. The average molecular weight is 633 g/mol. The molecule has 11 heteroatoms. The van der Waals surface area contributed by atoms with Gasteiger partial charge in [-0.25, -0.2) is 8.42 Å². The fraction of sp³-hybridized carbons (Fsp3) is 0.355. The number of sulfonamides is 1. The Morgan fingerprint density at radius 2 is 1.64 bits per heavy atom. The maximum atomic E-state index is 14.2. The normalized spacial score (nSPS) is 14.3. The highest BCUT2D eigenvalue weighted by Gasteiger charge is 2.35. The number of halogens is 2. The molecular formula is C31H35Cl2N3O5S. The van der Waals surface area contributed by atoms with Gasteiger partial charge in [0.1, 0.15) is 18.3 Å². The first-order chi connectivity index (χ1) is 20.0. The Bertz CT molecular complexity index is 1510. The number of hydrogen-bond donors (Lipinski definition) is 1. The van der Waals surface area contributed by atoms with E-state index in [0.29, 0.717) is 15.6 Å². The number of benzene rings is 3. The highest BCUT2D eigenvalue weighted by molar-refractivity contribution is 7.92. The monoisotopic (exact) mass is 631 g/mol. The molecule has 1 aliphatic carbocycles. The first-order valence-corrected chi connectivity index (χ1v) is 16.0. The topological polar surface area (TPSA) is 96.0 Å². The maximum Gasteiger partial charge on any atom is 0.264 e. The highest BCUT2D eigenvalue weighted by Crippen LogP contribution is 2.34. The van der Waals surface area contributed by atoms with Crippen molar-refractivity contribution in [1.29, 1.82) is 0 Å². The summed E-state index contributed by atoms with van der Waals surface area (Å²) in [6.07, 6.45) is 3.81. The number of methoxy groups -OCH3 is 1. The van der Waals surface area contributed by atoms with E-state index in [1.165, 1.54) is 24.1 Å². The molecular weight excluding hydrogens is 597 g/mol. The zero-order valence-corrected chi connectivity index (χ0v) is 26.2. The maximum absolute atomic E-state index is 14.2. The minimum Gasteiger partial charge on any atom is -0.495 e. The Hall–Kier alpha value is -3.27. The molecule has 0 aromatic heterocycles. The molecule has 4 rings (SSSR count). The third kappa shape index (κ3) is 7.19. The molecule has 0 radical (unpaired) electrons. The summed E-state index contributed by atoms with van der Waals surface area (Å²) in [6, 6.07) is 17.1. The number of carbonyl (C=O) groups excluding carboxylic acids is 2. The first kappa shape index (κ1) is 31.7. The summed E-state index contributed by atoms with van der Waals surface area (Å²) < 4.78 is 34.6. The van der Waals surface area contributed by atoms with Crippen LogP contribution in [0.4, 0.5) is 5.69 Å². The van der Waals surface area contributed by atoms with Gasteiger partial charge in [0.2, 0.25) is 11.8 Å². The van der Waals surface area contributed by atoms with Crippen LogP contribution in [0.1, 0.15) is 43.7 Å². The summed E-state index contributed by atoms with van der Waals surface area (Å²) in [6.45, 7) is 2.75. The van der Waals surface area contributed by atoms with Gasteiger partial charge in [-0.1, -0.05) is 66.4 Å². The third-order valence-corrected chi connectivity index (χ3v) is 9.95. The fourth-order valence-electron chi connectivity index (χ4n) is 5.06. The standard InChI is InChI=1S/C31H35Cl2N3O5S/c1-21-16-17-29(41-3)28(18-21)36(42(39,40)24-12-5-4-6-13-24)20-30(37)35(19-25-26(32)14-9-15-27(25)33)22(2)31(38)34-23-10-7-8-11-23/h4-6,9,12-18,22-23H,7-8,10-11,19-20H2,1-3H3,(H,34,38)/t22-/m1/s1. The summed E-state index contributed by atoms with van der Waals surface area (Å²) >= 11 is 12.9. The predicted molar refractivity (Wildman–Crippen MR) is 166 cm³/mol. The van der Waals surface area contributed by atoms with Gasteiger partial charge >= 0.3 is 0 Å². The van der Waals surface area contributed by atoms with Gasteiger partial charge in [-0.3, -0.25) is 13.9 Å². The number of amides is 2. The molecule has 0 unspecified atom stereocenters. The Labute approximate surface area is 257 Å². The zero-order valence-electron chi connectivity index (χ0n) is 23.8. The second-order valence-corrected chi connectivity index (χ2v) is 13.1. The van der Waals surface area contributed by atoms with Crippen molar-refractivity contribution < 1.29 is 22.7 Å². The van der Waals surface area contributed by atoms with Crippen molar-refractivity contribution in [2.75, 3.05) is 18.0 Å². The quantitative estimate of drug-likeness (QED) is 0.281. The van der Waals surface area contributed by atoms with Crippen LogP contribution < -0.4 is 14.4 Å². The Morgan fingerprint density at radius 1 is 1.00 bits per heavy atom. The zero-order chi connectivity index (χ0) is 30.4. The lowest BCUT2D eigenvalue weighted by atomic mass is 10.1. The van der Waals surface area contributed by atoms with Gasteiger partial charge in [-0.2, -0.15) is 0 Å². The molecule has 0 saturated heterocycles. The molecule has 0 spiro atoms. The van der Waals surface area contributed by atoms with Crippen molar-refractivity contribution in [2.24, 2.45) is 0 Å². The summed E-state index contributed by atoms with van der Waals surface area (Å²) in [7, 11) is -2.80. The molecule has 1 aliphatic rings. The van der Waals surface area contributed by atoms with Gasteiger partial charge in [0.15, 0.2) is 0 Å². The van der Waals surface area contributed by atoms with Crippen LogP contribution in [-0.4, -0.2) is 50.9 Å². The van der Waals surface area contributed by atoms with Crippen molar-refractivity contribution in [3.05, 3.63) is 87.9 Å². The molecule has 2 amide bonds. The Kier molecular flexibility index (Phi) is 10.4. The van der Waals surface area contributed by atoms with Crippen LogP contribution in [0.15, 0.2) is 71.6 Å². The van der Waals surface area contributed by atoms with E-state index in [2.05, 4.69) is 5.32 Å². The van der Waals surface area contributed by atoms with E-state index in [1.807, 2.05) is 6.92 Å². The molecule has 1 atom stereocenters. The van der Waals surface area contributed by atoms with E-state index in [-0.39, 0.29) is 34.8 Å². The van der Waals surface area contributed by atoms with Gasteiger partial charge in [-0.15, -0.1) is 0 Å². The molecule has 8 nitrogen and oxygen atoms in total. The van der Waals surface area contributed by atoms with E-state index in [4.69, 9.17) is 27.9 Å². The Balaban J connectivity index is 1.76. The summed E-state index contributed by atoms with van der Waals surface area (Å²) in [4.78, 5) is 28.9. The van der Waals surface area contributed by atoms with E-state index in [9.17, 15) is 18.0 Å². The molecule has 224 valence electrons. The minimum absolute atomic E-state index is 0.00841. The highest BCUT2D eigenvalue weighted by atomic mass is 35.5. The van der Waals surface area contributed by atoms with E-state index in [1.54, 1.807) is 61.5 Å². The van der Waals surface area contributed by atoms with Crippen molar-refractivity contribution in [3.8, 4) is 5.75 Å². The molecule has 0 aliphatic heterocycles. The van der Waals surface area contributed by atoms with E-state index < -0.39 is 28.5 Å². The molecule has 42 heavy (non-hydrogen) atoms. The lowest BCUT2D eigenvalue weighted by Crippen LogP contribution is -2.52. The molecule has 1 saturated carbocycles. The second-order valence-electron chi connectivity index (χ2n) is 10.4. The number of ether oxygens (including phenoxy) is 1. The van der Waals surface area contributed by atoms with Crippen molar-refractivity contribution in [1.82, 2.24) is 10.2 Å². The SMILES string of the molecule is COc1ccc(C)cc1N(CC(=O)N(Cc1c(Cl)cccc1Cl)[C@H](C)C(=O)NC1CCCC1)S(=O)(=O)c1ccccc1. The van der Waals surface area contributed by atoms with Gasteiger partial charge in [-0.05, 0) is 68.7 Å². The van der Waals surface area contributed by atoms with Crippen LogP contribution in [0, 0.1) is 6.92 Å². The number of hydrogen-bond acceptors (Lipinski definition) is 5. The van der Waals surface area contributed by atoms with Crippen molar-refractivity contribution in [2.45, 2.75) is 63.1 Å². The number of aryl methyl sites for hydroxylation is 1. The molecule has 3 aromatic rings. The van der Waals surface area contributed by atoms with E-state index in [0.717, 1.165) is 35.6 Å². The Morgan fingerprint density at radius 3 is 2.26 bits per heavy atom. The average Bonchev–Trinajstić information content (AvgIpc) is 3.48. The third-order valence-electron chi connectivity index (χ3n) is 7.47. The molecule has 0 bridgehead atoms. The first-order valence-electron chi connectivity index (χ1n) is 13.8. The van der Waals surface area contributed by atoms with Gasteiger partial charge < -0.3 is 15.0 Å². The molecule has 0 heterocycles. The molecule has 3 aromatic carbocycles. The van der Waals surface area contributed by atoms with Crippen molar-refractivity contribution >= 4 is 50.7 Å². The van der Waals surface area contributed by atoms with E-state index >= 15 is 0 Å². The largest absolute Gasteiger partial charge is 0.495 e. The van der Waals surface area contributed by atoms with Crippen molar-refractivity contribution in [3.63, 3.8) is 0 Å². The molecule has 1 fully saturated rings. The lowest BCUT2D eigenvalue weighted by molar-refractivity contribution is -0.139. The summed E-state index contributed by atoms with van der Waals surface area (Å²) in [5.41, 5.74) is 1.43. The van der Waals surface area contributed by atoms with Crippen LogP contribution in [-0.2, 0) is 26.2 Å². The lowest BCUT2D eigenvalue weighted by Gasteiger charge is -2.33. The number of anilines is 1. The second kappa shape index (κ2) is 13.8. The predicted octanol–water partition coefficient (Wildman–Crippen LogP) is 5.98. The number of rotatable bonds is 11. The number of nitrogens with zero attached hydrogens (tertiary/aromatic N) is 2. The van der Waals surface area contributed by atoms with Crippen LogP contribution in [0.2, 0.25) is 10.0 Å². The molecule has 1 N–H and O–H groups in total. The van der Waals surface area contributed by atoms with Crippen LogP contribution >= 0.6 is 23.2 Å². The summed E-state index contributed by atoms with van der Waals surface area (Å²) in [5, 5.41) is 3.71. The van der Waals surface area contributed by atoms with Gasteiger partial charge in [0, 0.05) is 28.2 Å².